The van der Waals surface area contributed by atoms with Crippen LogP contribution in [0.15, 0.2) is 134 Å². The molecular formula is C55H88NO8P. The van der Waals surface area contributed by atoms with Gasteiger partial charge < -0.3 is 20.1 Å². The lowest BCUT2D eigenvalue weighted by Crippen LogP contribution is -2.29. The molecule has 0 aliphatic heterocycles. The third-order valence-electron chi connectivity index (χ3n) is 9.53. The third kappa shape index (κ3) is 49.4. The van der Waals surface area contributed by atoms with Crippen molar-refractivity contribution in [2.75, 3.05) is 26.4 Å². The quantitative estimate of drug-likeness (QED) is 0.0265. The van der Waals surface area contributed by atoms with Crippen molar-refractivity contribution >= 4 is 19.8 Å². The van der Waals surface area contributed by atoms with Crippen LogP contribution in [0.5, 0.6) is 0 Å². The van der Waals surface area contributed by atoms with Crippen LogP contribution in [0.4, 0.5) is 0 Å². The lowest BCUT2D eigenvalue weighted by atomic mass is 10.1. The topological polar surface area (TPSA) is 134 Å². The first kappa shape index (κ1) is 61.1. The lowest BCUT2D eigenvalue weighted by molar-refractivity contribution is -0.161. The van der Waals surface area contributed by atoms with Crippen molar-refractivity contribution in [1.82, 2.24) is 0 Å². The number of rotatable bonds is 44. The molecule has 0 amide bonds. The normalized spacial score (nSPS) is 14.3. The maximum absolute atomic E-state index is 12.6. The van der Waals surface area contributed by atoms with Crippen molar-refractivity contribution < 1.29 is 37.6 Å². The van der Waals surface area contributed by atoms with E-state index in [2.05, 4.69) is 148 Å². The number of hydrogen-bond acceptors (Lipinski definition) is 8. The first-order chi connectivity index (χ1) is 31.8. The summed E-state index contributed by atoms with van der Waals surface area (Å²) >= 11 is 0. The molecule has 0 rings (SSSR count). The average Bonchev–Trinajstić information content (AvgIpc) is 3.30. The number of phosphoric acid groups is 1. The summed E-state index contributed by atoms with van der Waals surface area (Å²) in [5, 5.41) is 0. The number of carbonyl (C=O) groups is 2. The van der Waals surface area contributed by atoms with Crippen molar-refractivity contribution in [1.29, 1.82) is 0 Å². The molecule has 3 N–H and O–H groups in total. The van der Waals surface area contributed by atoms with E-state index in [-0.39, 0.29) is 32.6 Å². The van der Waals surface area contributed by atoms with Gasteiger partial charge in [0, 0.05) is 19.4 Å². The van der Waals surface area contributed by atoms with E-state index in [4.69, 9.17) is 24.3 Å². The summed E-state index contributed by atoms with van der Waals surface area (Å²) in [6.07, 6.45) is 69.3. The van der Waals surface area contributed by atoms with Gasteiger partial charge in [-0.1, -0.05) is 180 Å². The van der Waals surface area contributed by atoms with Crippen LogP contribution in [0.1, 0.15) is 168 Å². The predicted molar refractivity (Wildman–Crippen MR) is 274 cm³/mol. The van der Waals surface area contributed by atoms with E-state index in [1.165, 1.54) is 0 Å². The van der Waals surface area contributed by atoms with Gasteiger partial charge in [0.15, 0.2) is 6.10 Å². The highest BCUT2D eigenvalue weighted by Gasteiger charge is 2.26. The first-order valence-electron chi connectivity index (χ1n) is 24.7. The van der Waals surface area contributed by atoms with Crippen LogP contribution in [0, 0.1) is 0 Å². The lowest BCUT2D eigenvalue weighted by Gasteiger charge is -2.19. The molecule has 0 aromatic heterocycles. The molecule has 0 aromatic carbocycles. The number of carbonyl (C=O) groups excluding carboxylic acids is 2. The van der Waals surface area contributed by atoms with Crippen LogP contribution in [0.3, 0.4) is 0 Å². The molecule has 0 fully saturated rings. The molecule has 10 heteroatoms. The molecule has 0 saturated heterocycles. The van der Waals surface area contributed by atoms with Crippen LogP contribution >= 0.6 is 7.82 Å². The van der Waals surface area contributed by atoms with E-state index in [1.807, 2.05) is 0 Å². The Bertz CT molecular complexity index is 1520. The summed E-state index contributed by atoms with van der Waals surface area (Å²) in [6, 6.07) is 0. The van der Waals surface area contributed by atoms with Gasteiger partial charge in [0.1, 0.15) is 6.61 Å². The van der Waals surface area contributed by atoms with Gasteiger partial charge >= 0.3 is 19.8 Å². The fourth-order valence-electron chi connectivity index (χ4n) is 5.96. The number of nitrogens with two attached hydrogens (primary N) is 1. The largest absolute Gasteiger partial charge is 0.472 e. The van der Waals surface area contributed by atoms with Gasteiger partial charge in [0.05, 0.1) is 13.2 Å². The summed E-state index contributed by atoms with van der Waals surface area (Å²) < 4.78 is 32.8. The van der Waals surface area contributed by atoms with Crippen LogP contribution in [-0.4, -0.2) is 49.3 Å². The molecular weight excluding hydrogens is 834 g/mol. The summed E-state index contributed by atoms with van der Waals surface area (Å²) in [5.74, 6) is -0.894. The van der Waals surface area contributed by atoms with E-state index in [1.54, 1.807) is 0 Å². The maximum Gasteiger partial charge on any atom is 0.472 e. The summed E-state index contributed by atoms with van der Waals surface area (Å²) in [5.41, 5.74) is 5.35. The van der Waals surface area contributed by atoms with E-state index in [0.29, 0.717) is 12.8 Å². The Morgan fingerprint density at radius 3 is 1.20 bits per heavy atom. The summed E-state index contributed by atoms with van der Waals surface area (Å²) in [7, 11) is -4.40. The smallest absolute Gasteiger partial charge is 0.462 e. The standard InChI is InChI=1S/C55H88NO8P/c1-3-5-7-9-11-13-15-17-18-19-20-21-22-23-24-25-26-27-28-29-30-31-32-33-34-36-38-40-42-44-46-48-55(58)64-53(52-63-65(59,60)62-50-49-56)51-61-54(57)47-45-43-41-39-37-35-16-14-12-10-8-6-4-2/h5-8,11-14,17-18,20-21,23-24,26-27,29-30,32-33,35,37,53H,3-4,9-10,15-16,19,22,25,28,31,34,36,38-52,56H2,1-2H3,(H,59,60)/b7-5-,8-6-,13-11-,14-12-,18-17-,21-20-,24-23-,27-26-,30-29-,33-32-,37-35-. The maximum atomic E-state index is 12.6. The van der Waals surface area contributed by atoms with Crippen LogP contribution in [-0.2, 0) is 32.7 Å². The second-order valence-electron chi connectivity index (χ2n) is 15.6. The first-order valence-corrected chi connectivity index (χ1v) is 26.2. The van der Waals surface area contributed by atoms with Gasteiger partial charge in [-0.25, -0.2) is 4.57 Å². The zero-order chi connectivity index (χ0) is 47.4. The number of esters is 2. The minimum Gasteiger partial charge on any atom is -0.462 e. The van der Waals surface area contributed by atoms with Gasteiger partial charge in [-0.3, -0.25) is 18.6 Å². The molecule has 366 valence electrons. The molecule has 0 aliphatic rings. The molecule has 0 heterocycles. The number of phosphoric ester groups is 1. The van der Waals surface area contributed by atoms with E-state index in [9.17, 15) is 19.0 Å². The molecule has 0 bridgehead atoms. The molecule has 9 nitrogen and oxygen atoms in total. The van der Waals surface area contributed by atoms with Crippen LogP contribution in [0.25, 0.3) is 0 Å². The van der Waals surface area contributed by atoms with Gasteiger partial charge in [-0.15, -0.1) is 0 Å². The number of hydrogen-bond donors (Lipinski definition) is 2. The Hall–Kier alpha value is -3.85. The SMILES string of the molecule is CC/C=C\C/C=C\C/C=C\C/C=C\C/C=C\C/C=C\C/C=C\C/C=C\CCCCCCCCC(=O)OC(COC(=O)CCCCC/C=C\C/C=C\C/C=C\CC)COP(=O)(O)OCCN. The second kappa shape index (κ2) is 49.6. The molecule has 65 heavy (non-hydrogen) atoms. The minimum absolute atomic E-state index is 0.0386. The van der Waals surface area contributed by atoms with E-state index < -0.39 is 32.5 Å². The molecule has 2 unspecified atom stereocenters. The highest BCUT2D eigenvalue weighted by atomic mass is 31.2. The van der Waals surface area contributed by atoms with Gasteiger partial charge in [-0.05, 0) is 109 Å². The van der Waals surface area contributed by atoms with Crippen molar-refractivity contribution in [3.8, 4) is 0 Å². The number of unbranched alkanes of at least 4 members (excludes halogenated alkanes) is 9. The summed E-state index contributed by atoms with van der Waals surface area (Å²) in [6.45, 7) is 3.42. The Morgan fingerprint density at radius 1 is 0.462 bits per heavy atom. The van der Waals surface area contributed by atoms with Crippen molar-refractivity contribution in [2.45, 2.75) is 174 Å². The second-order valence-corrected chi connectivity index (χ2v) is 17.0. The van der Waals surface area contributed by atoms with E-state index >= 15 is 0 Å². The monoisotopic (exact) mass is 922 g/mol. The van der Waals surface area contributed by atoms with E-state index in [0.717, 1.165) is 128 Å². The Labute approximate surface area is 395 Å². The minimum atomic E-state index is -4.40. The molecule has 0 radical (unpaired) electrons. The molecule has 0 spiro atoms. The number of ether oxygens (including phenoxy) is 2. The molecule has 0 aliphatic carbocycles. The van der Waals surface area contributed by atoms with Gasteiger partial charge in [-0.2, -0.15) is 0 Å². The third-order valence-corrected chi connectivity index (χ3v) is 10.5. The highest BCUT2D eigenvalue weighted by Crippen LogP contribution is 2.43. The van der Waals surface area contributed by atoms with Crippen molar-refractivity contribution in [3.63, 3.8) is 0 Å². The van der Waals surface area contributed by atoms with Crippen LogP contribution in [0.2, 0.25) is 0 Å². The van der Waals surface area contributed by atoms with Crippen molar-refractivity contribution in [3.05, 3.63) is 134 Å². The molecule has 2 atom stereocenters. The van der Waals surface area contributed by atoms with Gasteiger partial charge in [0.2, 0.25) is 0 Å². The zero-order valence-corrected chi connectivity index (χ0v) is 41.3. The average molecular weight is 922 g/mol. The highest BCUT2D eigenvalue weighted by molar-refractivity contribution is 7.47. The zero-order valence-electron chi connectivity index (χ0n) is 40.4. The summed E-state index contributed by atoms with van der Waals surface area (Å²) in [4.78, 5) is 34.9. The predicted octanol–water partition coefficient (Wildman–Crippen LogP) is 15.1. The fourth-order valence-corrected chi connectivity index (χ4v) is 6.72. The van der Waals surface area contributed by atoms with Crippen LogP contribution < -0.4 is 5.73 Å². The Morgan fingerprint density at radius 2 is 0.800 bits per heavy atom. The van der Waals surface area contributed by atoms with Gasteiger partial charge in [0.25, 0.3) is 0 Å². The fraction of sp³-hybridized carbons (Fsp3) is 0.564. The molecule has 0 saturated carbocycles. The van der Waals surface area contributed by atoms with Crippen molar-refractivity contribution in [2.24, 2.45) is 5.73 Å². The Balaban J connectivity index is 4.13. The number of allylic oxidation sites excluding steroid dienone is 22. The Kier molecular flexibility index (Phi) is 46.6. The molecule has 0 aromatic rings.